The molecule has 2 heterocycles. The lowest BCUT2D eigenvalue weighted by Crippen LogP contribution is -2.49. The van der Waals surface area contributed by atoms with Crippen LogP contribution in [0.15, 0.2) is 60.7 Å². The van der Waals surface area contributed by atoms with Crippen molar-refractivity contribution in [3.05, 3.63) is 71.8 Å². The summed E-state index contributed by atoms with van der Waals surface area (Å²) in [6.07, 6.45) is -0.817. The molecule has 0 aromatic heterocycles. The van der Waals surface area contributed by atoms with E-state index >= 15 is 0 Å². The maximum Gasteiger partial charge on any atom is 0.417 e. The van der Waals surface area contributed by atoms with Gasteiger partial charge in [-0.15, -0.1) is 0 Å². The molecule has 2 aromatic carbocycles. The molecule has 7 nitrogen and oxygen atoms in total. The van der Waals surface area contributed by atoms with E-state index in [0.29, 0.717) is 13.2 Å². The zero-order valence-electron chi connectivity index (χ0n) is 21.3. The smallest absolute Gasteiger partial charge is 0.417 e. The number of imide groups is 1. The van der Waals surface area contributed by atoms with Crippen molar-refractivity contribution in [2.24, 2.45) is 0 Å². The number of carbonyl (C=O) groups is 2. The van der Waals surface area contributed by atoms with Crippen LogP contribution in [0, 0.1) is 0 Å². The van der Waals surface area contributed by atoms with Crippen LogP contribution in [0.4, 0.5) is 4.79 Å². The van der Waals surface area contributed by atoms with Gasteiger partial charge in [0.15, 0.2) is 5.79 Å². The van der Waals surface area contributed by atoms with E-state index in [1.807, 2.05) is 64.1 Å². The van der Waals surface area contributed by atoms with E-state index in [9.17, 15) is 9.59 Å². The van der Waals surface area contributed by atoms with Gasteiger partial charge < -0.3 is 14.2 Å². The number of cyclic esters (lactones) is 1. The summed E-state index contributed by atoms with van der Waals surface area (Å²) < 4.78 is 17.6. The largest absolute Gasteiger partial charge is 0.441 e. The molecule has 0 spiro atoms. The van der Waals surface area contributed by atoms with Crippen LogP contribution in [0.2, 0.25) is 0 Å². The van der Waals surface area contributed by atoms with Gasteiger partial charge in [-0.05, 0) is 45.7 Å². The molecular formula is C28H36N2O5. The Bertz CT molecular complexity index is 1020. The van der Waals surface area contributed by atoms with Gasteiger partial charge in [-0.25, -0.2) is 9.69 Å². The number of nitrogens with zero attached hydrogens (tertiary/aromatic N) is 2. The van der Waals surface area contributed by atoms with E-state index in [2.05, 4.69) is 36.1 Å². The number of hydrogen-bond acceptors (Lipinski definition) is 6. The predicted molar refractivity (Wildman–Crippen MR) is 132 cm³/mol. The first-order valence-electron chi connectivity index (χ1n) is 12.2. The average molecular weight is 481 g/mol. The Hall–Kier alpha value is -2.74. The van der Waals surface area contributed by atoms with Gasteiger partial charge >= 0.3 is 6.09 Å². The SMILES string of the molecule is C[C@@H](c1ccccc1)N(Cc1ccccc1)[C@@H](CC(=O)N1CC(C)(C)OC1=O)[C@H]1COC(C)(C)O1. The predicted octanol–water partition coefficient (Wildman–Crippen LogP) is 4.92. The summed E-state index contributed by atoms with van der Waals surface area (Å²) in [6.45, 7) is 10.7. The molecule has 7 heteroatoms. The lowest BCUT2D eigenvalue weighted by Gasteiger charge is -2.39. The van der Waals surface area contributed by atoms with Gasteiger partial charge in [0.05, 0.1) is 13.2 Å². The summed E-state index contributed by atoms with van der Waals surface area (Å²) in [5.41, 5.74) is 1.58. The van der Waals surface area contributed by atoms with E-state index in [0.717, 1.165) is 11.1 Å². The minimum atomic E-state index is -0.741. The molecule has 188 valence electrons. The lowest BCUT2D eigenvalue weighted by atomic mass is 9.98. The average Bonchev–Trinajstić information content (AvgIpc) is 3.33. The minimum Gasteiger partial charge on any atom is -0.441 e. The zero-order chi connectivity index (χ0) is 25.2. The molecule has 0 aliphatic carbocycles. The number of ether oxygens (including phenoxy) is 3. The molecular weight excluding hydrogens is 444 g/mol. The van der Waals surface area contributed by atoms with Crippen LogP contribution in [0.1, 0.15) is 58.2 Å². The number of rotatable bonds is 8. The molecule has 4 rings (SSSR count). The second-order valence-electron chi connectivity index (χ2n) is 10.5. The first-order chi connectivity index (χ1) is 16.5. The van der Waals surface area contributed by atoms with Crippen molar-refractivity contribution in [2.45, 2.75) is 77.2 Å². The van der Waals surface area contributed by atoms with Crippen molar-refractivity contribution in [2.75, 3.05) is 13.2 Å². The van der Waals surface area contributed by atoms with Crippen LogP contribution in [0.25, 0.3) is 0 Å². The minimum absolute atomic E-state index is 0.0107. The van der Waals surface area contributed by atoms with Crippen molar-refractivity contribution >= 4 is 12.0 Å². The number of hydrogen-bond donors (Lipinski definition) is 0. The van der Waals surface area contributed by atoms with E-state index in [4.69, 9.17) is 14.2 Å². The normalized spacial score (nSPS) is 22.7. The van der Waals surface area contributed by atoms with Crippen LogP contribution in [0.5, 0.6) is 0 Å². The summed E-state index contributed by atoms with van der Waals surface area (Å²) in [5, 5.41) is 0. The highest BCUT2D eigenvalue weighted by atomic mass is 16.7. The van der Waals surface area contributed by atoms with Crippen molar-refractivity contribution in [1.82, 2.24) is 9.80 Å². The van der Waals surface area contributed by atoms with E-state index in [1.54, 1.807) is 0 Å². The summed E-state index contributed by atoms with van der Waals surface area (Å²) in [5.74, 6) is -1.01. The topological polar surface area (TPSA) is 68.3 Å². The molecule has 0 bridgehead atoms. The molecule has 0 saturated carbocycles. The Morgan fingerprint density at radius 1 is 1.06 bits per heavy atom. The molecule has 2 amide bonds. The lowest BCUT2D eigenvalue weighted by molar-refractivity contribution is -0.152. The summed E-state index contributed by atoms with van der Waals surface area (Å²) in [6, 6.07) is 20.1. The van der Waals surface area contributed by atoms with E-state index in [-0.39, 0.29) is 37.1 Å². The highest BCUT2D eigenvalue weighted by Crippen LogP contribution is 2.34. The molecule has 2 saturated heterocycles. The maximum atomic E-state index is 13.5. The van der Waals surface area contributed by atoms with Gasteiger partial charge in [-0.3, -0.25) is 9.69 Å². The molecule has 0 radical (unpaired) electrons. The van der Waals surface area contributed by atoms with Crippen LogP contribution >= 0.6 is 0 Å². The van der Waals surface area contributed by atoms with Gasteiger partial charge in [0, 0.05) is 25.0 Å². The Kier molecular flexibility index (Phi) is 7.31. The fourth-order valence-electron chi connectivity index (χ4n) is 4.87. The third-order valence-electron chi connectivity index (χ3n) is 6.68. The Balaban J connectivity index is 1.68. The fraction of sp³-hybridized carbons (Fsp3) is 0.500. The fourth-order valence-corrected chi connectivity index (χ4v) is 4.87. The third kappa shape index (κ3) is 6.10. The highest BCUT2D eigenvalue weighted by molar-refractivity contribution is 5.93. The molecule has 2 aromatic rings. The summed E-state index contributed by atoms with van der Waals surface area (Å²) >= 11 is 0. The molecule has 2 fully saturated rings. The second-order valence-corrected chi connectivity index (χ2v) is 10.5. The quantitative estimate of drug-likeness (QED) is 0.534. The molecule has 0 unspecified atom stereocenters. The molecule has 35 heavy (non-hydrogen) atoms. The van der Waals surface area contributed by atoms with Crippen molar-refractivity contribution < 1.29 is 23.8 Å². The number of carbonyl (C=O) groups excluding carboxylic acids is 2. The second kappa shape index (κ2) is 10.1. The van der Waals surface area contributed by atoms with Gasteiger partial charge in [0.2, 0.25) is 5.91 Å². The third-order valence-corrected chi connectivity index (χ3v) is 6.68. The van der Waals surface area contributed by atoms with Gasteiger partial charge in [-0.1, -0.05) is 60.7 Å². The van der Waals surface area contributed by atoms with Gasteiger partial charge in [-0.2, -0.15) is 0 Å². The summed E-state index contributed by atoms with van der Waals surface area (Å²) in [7, 11) is 0. The van der Waals surface area contributed by atoms with E-state index in [1.165, 1.54) is 4.90 Å². The molecule has 3 atom stereocenters. The monoisotopic (exact) mass is 480 g/mol. The Morgan fingerprint density at radius 3 is 2.23 bits per heavy atom. The van der Waals surface area contributed by atoms with Gasteiger partial charge in [0.25, 0.3) is 0 Å². The molecule has 2 aliphatic heterocycles. The number of amides is 2. The van der Waals surface area contributed by atoms with Crippen LogP contribution < -0.4 is 0 Å². The van der Waals surface area contributed by atoms with Gasteiger partial charge in [0.1, 0.15) is 11.7 Å². The summed E-state index contributed by atoms with van der Waals surface area (Å²) in [4.78, 5) is 29.5. The van der Waals surface area contributed by atoms with Crippen molar-refractivity contribution in [3.8, 4) is 0 Å². The Morgan fingerprint density at radius 2 is 1.69 bits per heavy atom. The molecule has 0 N–H and O–H groups in total. The van der Waals surface area contributed by atoms with Crippen LogP contribution in [0.3, 0.4) is 0 Å². The van der Waals surface area contributed by atoms with Crippen LogP contribution in [-0.2, 0) is 25.5 Å². The molecule has 2 aliphatic rings. The van der Waals surface area contributed by atoms with E-state index < -0.39 is 17.5 Å². The number of benzene rings is 2. The first kappa shape index (κ1) is 25.4. The first-order valence-corrected chi connectivity index (χ1v) is 12.2. The van der Waals surface area contributed by atoms with Crippen molar-refractivity contribution in [1.29, 1.82) is 0 Å². The zero-order valence-corrected chi connectivity index (χ0v) is 21.3. The standard InChI is InChI=1S/C28H36N2O5/c1-20(22-14-10-7-11-15-22)29(17-21-12-8-6-9-13-21)23(24-18-33-28(4,5)34-24)16-25(31)30-19-27(2,3)35-26(30)32/h6-15,20,23-24H,16-19H2,1-5H3/t20-,23-,24+/m0/s1. The Labute approximate surface area is 207 Å². The van der Waals surface area contributed by atoms with Crippen LogP contribution in [-0.4, -0.2) is 58.5 Å². The highest BCUT2D eigenvalue weighted by Gasteiger charge is 2.46. The maximum absolute atomic E-state index is 13.5. The van der Waals surface area contributed by atoms with Crippen molar-refractivity contribution in [3.63, 3.8) is 0 Å².